The molecule has 1 atom stereocenters. The number of benzene rings is 1. The Bertz CT molecular complexity index is 633. The smallest absolute Gasteiger partial charge is 0.287 e. The summed E-state index contributed by atoms with van der Waals surface area (Å²) >= 11 is 0. The lowest BCUT2D eigenvalue weighted by atomic mass is 10.0. The first-order valence-corrected chi connectivity index (χ1v) is 7.98. The van der Waals surface area contributed by atoms with Gasteiger partial charge in [-0.3, -0.25) is 9.69 Å². The molecule has 0 bridgehead atoms. The molecule has 5 nitrogen and oxygen atoms in total. The first kappa shape index (κ1) is 15.6. The lowest BCUT2D eigenvalue weighted by molar-refractivity contribution is 0.0909. The zero-order valence-corrected chi connectivity index (χ0v) is 13.3. The molecule has 2 aromatic rings. The Morgan fingerprint density at radius 3 is 2.74 bits per heavy atom. The molecule has 1 aromatic heterocycles. The van der Waals surface area contributed by atoms with Crippen LogP contribution in [-0.4, -0.2) is 37.6 Å². The summed E-state index contributed by atoms with van der Waals surface area (Å²) in [5.41, 5.74) is 1.11. The van der Waals surface area contributed by atoms with Crippen LogP contribution in [0.5, 0.6) is 5.75 Å². The average Bonchev–Trinajstić information content (AvgIpc) is 3.29. The van der Waals surface area contributed by atoms with Crippen molar-refractivity contribution >= 4 is 5.91 Å². The summed E-state index contributed by atoms with van der Waals surface area (Å²) in [6.07, 6.45) is 3.89. The predicted octanol–water partition coefficient (Wildman–Crippen LogP) is 2.86. The van der Waals surface area contributed by atoms with Crippen LogP contribution in [0, 0.1) is 0 Å². The summed E-state index contributed by atoms with van der Waals surface area (Å²) < 4.78 is 10.7. The summed E-state index contributed by atoms with van der Waals surface area (Å²) in [5.74, 6) is 1.01. The van der Waals surface area contributed by atoms with Crippen LogP contribution in [-0.2, 0) is 0 Å². The van der Waals surface area contributed by atoms with Gasteiger partial charge >= 0.3 is 0 Å². The minimum Gasteiger partial charge on any atom is -0.496 e. The molecule has 0 spiro atoms. The highest BCUT2D eigenvalue weighted by Gasteiger charge is 2.26. The highest BCUT2D eigenvalue weighted by atomic mass is 16.5. The Morgan fingerprint density at radius 2 is 2.04 bits per heavy atom. The molecule has 2 heterocycles. The van der Waals surface area contributed by atoms with Gasteiger partial charge in [0.25, 0.3) is 5.91 Å². The maximum absolute atomic E-state index is 12.2. The highest BCUT2D eigenvalue weighted by molar-refractivity contribution is 5.91. The van der Waals surface area contributed by atoms with Crippen molar-refractivity contribution < 1.29 is 13.9 Å². The third kappa shape index (κ3) is 3.56. The van der Waals surface area contributed by atoms with Crippen LogP contribution >= 0.6 is 0 Å². The summed E-state index contributed by atoms with van der Waals surface area (Å²) in [7, 11) is 1.68. The zero-order valence-electron chi connectivity index (χ0n) is 13.3. The third-order valence-corrected chi connectivity index (χ3v) is 4.28. The SMILES string of the molecule is COc1ccccc1[C@@H](CNC(=O)c1ccco1)N1CCCC1. The van der Waals surface area contributed by atoms with E-state index in [9.17, 15) is 4.79 Å². The molecule has 0 aliphatic carbocycles. The van der Waals surface area contributed by atoms with E-state index in [4.69, 9.17) is 9.15 Å². The number of nitrogens with one attached hydrogen (secondary N) is 1. The van der Waals surface area contributed by atoms with Gasteiger partial charge in [0.15, 0.2) is 5.76 Å². The zero-order chi connectivity index (χ0) is 16.1. The molecule has 1 aromatic carbocycles. The van der Waals surface area contributed by atoms with Gasteiger partial charge < -0.3 is 14.5 Å². The molecule has 0 unspecified atom stereocenters. The second-order valence-corrected chi connectivity index (χ2v) is 5.69. The van der Waals surface area contributed by atoms with Crippen LogP contribution in [0.15, 0.2) is 47.1 Å². The van der Waals surface area contributed by atoms with E-state index in [1.807, 2.05) is 18.2 Å². The molecule has 1 aliphatic rings. The number of methoxy groups -OCH3 is 1. The second kappa shape index (κ2) is 7.33. The quantitative estimate of drug-likeness (QED) is 0.891. The Kier molecular flexibility index (Phi) is 4.98. The number of ether oxygens (including phenoxy) is 1. The van der Waals surface area contributed by atoms with Crippen LogP contribution in [0.25, 0.3) is 0 Å². The first-order valence-electron chi connectivity index (χ1n) is 7.98. The molecular formula is C18H22N2O3. The van der Waals surface area contributed by atoms with Crippen molar-refractivity contribution in [1.29, 1.82) is 0 Å². The van der Waals surface area contributed by atoms with Gasteiger partial charge in [0, 0.05) is 12.1 Å². The van der Waals surface area contributed by atoms with E-state index < -0.39 is 0 Å². The van der Waals surface area contributed by atoms with Gasteiger partial charge in [0.2, 0.25) is 0 Å². The van der Waals surface area contributed by atoms with E-state index in [2.05, 4.69) is 16.3 Å². The molecule has 3 rings (SSSR count). The molecule has 1 N–H and O–H groups in total. The minimum absolute atomic E-state index is 0.104. The van der Waals surface area contributed by atoms with Crippen molar-refractivity contribution in [2.45, 2.75) is 18.9 Å². The predicted molar refractivity (Wildman–Crippen MR) is 87.6 cm³/mol. The molecule has 1 amide bonds. The summed E-state index contributed by atoms with van der Waals surface area (Å²) in [4.78, 5) is 14.6. The largest absolute Gasteiger partial charge is 0.496 e. The normalized spacial score (nSPS) is 16.2. The molecule has 0 radical (unpaired) electrons. The number of furan rings is 1. The van der Waals surface area contributed by atoms with E-state index in [0.29, 0.717) is 12.3 Å². The number of likely N-dealkylation sites (tertiary alicyclic amines) is 1. The minimum atomic E-state index is -0.186. The van der Waals surface area contributed by atoms with Crippen molar-refractivity contribution in [3.63, 3.8) is 0 Å². The lowest BCUT2D eigenvalue weighted by Crippen LogP contribution is -2.36. The molecule has 1 saturated heterocycles. The van der Waals surface area contributed by atoms with E-state index in [-0.39, 0.29) is 11.9 Å². The number of hydrogen-bond donors (Lipinski definition) is 1. The van der Waals surface area contributed by atoms with Crippen molar-refractivity contribution in [2.24, 2.45) is 0 Å². The molecule has 5 heteroatoms. The molecule has 122 valence electrons. The summed E-state index contributed by atoms with van der Waals surface area (Å²) in [5, 5.41) is 2.98. The number of carbonyl (C=O) groups is 1. The molecule has 1 aliphatic heterocycles. The van der Waals surface area contributed by atoms with E-state index >= 15 is 0 Å². The van der Waals surface area contributed by atoms with Crippen molar-refractivity contribution in [1.82, 2.24) is 10.2 Å². The highest BCUT2D eigenvalue weighted by Crippen LogP contribution is 2.31. The van der Waals surface area contributed by atoms with Crippen molar-refractivity contribution in [3.05, 3.63) is 54.0 Å². The summed E-state index contributed by atoms with van der Waals surface area (Å²) in [6, 6.07) is 11.5. The Morgan fingerprint density at radius 1 is 1.26 bits per heavy atom. The molecule has 0 saturated carbocycles. The Balaban J connectivity index is 1.77. The topological polar surface area (TPSA) is 54.7 Å². The third-order valence-electron chi connectivity index (χ3n) is 4.28. The molecular weight excluding hydrogens is 292 g/mol. The number of amides is 1. The van der Waals surface area contributed by atoms with Crippen molar-refractivity contribution in [2.75, 3.05) is 26.7 Å². The van der Waals surface area contributed by atoms with Crippen LogP contribution in [0.1, 0.15) is 35.0 Å². The Hall–Kier alpha value is -2.27. The van der Waals surface area contributed by atoms with Gasteiger partial charge in [-0.1, -0.05) is 18.2 Å². The number of rotatable bonds is 6. The standard InChI is InChI=1S/C18H22N2O3/c1-22-16-8-3-2-7-14(16)15(20-10-4-5-11-20)13-19-18(21)17-9-6-12-23-17/h2-3,6-9,12,15H,4-5,10-11,13H2,1H3,(H,19,21)/t15-/m1/s1. The van der Waals surface area contributed by atoms with Crippen LogP contribution in [0.3, 0.4) is 0 Å². The molecule has 23 heavy (non-hydrogen) atoms. The number of para-hydroxylation sites is 1. The van der Waals surface area contributed by atoms with E-state index in [1.54, 1.807) is 19.2 Å². The Labute approximate surface area is 136 Å². The van der Waals surface area contributed by atoms with Gasteiger partial charge in [0.05, 0.1) is 19.4 Å². The van der Waals surface area contributed by atoms with Crippen LogP contribution in [0.2, 0.25) is 0 Å². The van der Waals surface area contributed by atoms with Gasteiger partial charge in [-0.2, -0.15) is 0 Å². The second-order valence-electron chi connectivity index (χ2n) is 5.69. The lowest BCUT2D eigenvalue weighted by Gasteiger charge is -2.29. The number of nitrogens with zero attached hydrogens (tertiary/aromatic N) is 1. The van der Waals surface area contributed by atoms with Crippen LogP contribution in [0.4, 0.5) is 0 Å². The number of hydrogen-bond acceptors (Lipinski definition) is 4. The fourth-order valence-corrected chi connectivity index (χ4v) is 3.11. The van der Waals surface area contributed by atoms with Gasteiger partial charge in [-0.25, -0.2) is 0 Å². The fourth-order valence-electron chi connectivity index (χ4n) is 3.11. The first-order chi connectivity index (χ1) is 11.3. The van der Waals surface area contributed by atoms with Gasteiger partial charge in [-0.15, -0.1) is 0 Å². The van der Waals surface area contributed by atoms with Gasteiger partial charge in [0.1, 0.15) is 5.75 Å². The van der Waals surface area contributed by atoms with Gasteiger partial charge in [-0.05, 0) is 44.1 Å². The van der Waals surface area contributed by atoms with Crippen molar-refractivity contribution in [3.8, 4) is 5.75 Å². The summed E-state index contributed by atoms with van der Waals surface area (Å²) in [6.45, 7) is 2.61. The average molecular weight is 314 g/mol. The monoisotopic (exact) mass is 314 g/mol. The van der Waals surface area contributed by atoms with E-state index in [0.717, 1.165) is 24.4 Å². The van der Waals surface area contributed by atoms with E-state index in [1.165, 1.54) is 19.1 Å². The maximum atomic E-state index is 12.2. The molecule has 1 fully saturated rings. The maximum Gasteiger partial charge on any atom is 0.287 e. The fraction of sp³-hybridized carbons (Fsp3) is 0.389. The number of carbonyl (C=O) groups excluding carboxylic acids is 1. The van der Waals surface area contributed by atoms with Crippen LogP contribution < -0.4 is 10.1 Å².